The molecule has 0 N–H and O–H groups in total. The van der Waals surface area contributed by atoms with E-state index in [0.717, 1.165) is 29.4 Å². The van der Waals surface area contributed by atoms with Crippen molar-refractivity contribution in [2.75, 3.05) is 11.4 Å². The number of para-hydroxylation sites is 1. The Morgan fingerprint density at radius 2 is 1.25 bits per heavy atom. The van der Waals surface area contributed by atoms with Gasteiger partial charge in [0.15, 0.2) is 0 Å². The van der Waals surface area contributed by atoms with Crippen LogP contribution in [0.2, 0.25) is 0 Å². The maximum absolute atomic E-state index is 5.87. The van der Waals surface area contributed by atoms with Crippen molar-refractivity contribution in [2.24, 2.45) is 22.7 Å². The number of aliphatic imine (C=N–C) groups is 1. The number of aromatic nitrogens is 3. The third-order valence-electron chi connectivity index (χ3n) is 14.2. The Morgan fingerprint density at radius 1 is 0.578 bits per heavy atom. The number of hydrogen-bond donors (Lipinski definition) is 0. The molecule has 5 nitrogen and oxygen atoms in total. The molecule has 0 amide bonds. The number of fused-ring (bicyclic) bond motifs is 6. The molecule has 64 heavy (non-hydrogen) atoms. The maximum Gasteiger partial charge on any atom is 0.145 e. The van der Waals surface area contributed by atoms with Crippen LogP contribution in [0, 0.1) is 24.7 Å². The van der Waals surface area contributed by atoms with Gasteiger partial charge in [0.05, 0.1) is 22.6 Å². The van der Waals surface area contributed by atoms with E-state index < -0.39 is 0 Å². The second kappa shape index (κ2) is 16.4. The Bertz CT molecular complexity index is 3050. The average molecular weight is 848 g/mol. The summed E-state index contributed by atoms with van der Waals surface area (Å²) in [6.07, 6.45) is 1.92. The van der Waals surface area contributed by atoms with E-state index in [1.54, 1.807) is 0 Å². The van der Waals surface area contributed by atoms with Crippen LogP contribution in [-0.4, -0.2) is 32.5 Å². The summed E-state index contributed by atoms with van der Waals surface area (Å²) in [5.74, 6) is 3.63. The highest BCUT2D eigenvalue weighted by Gasteiger charge is 2.38. The monoisotopic (exact) mass is 848 g/mol. The molecule has 1 aliphatic heterocycles. The number of aryl methyl sites for hydroxylation is 1. The quantitative estimate of drug-likeness (QED) is 0.138. The zero-order chi connectivity index (χ0) is 45.5. The molecule has 0 fully saturated rings. The van der Waals surface area contributed by atoms with Crippen molar-refractivity contribution in [1.29, 1.82) is 0 Å². The molecule has 0 saturated carbocycles. The fourth-order valence-corrected chi connectivity index (χ4v) is 11.0. The minimum atomic E-state index is 0.0350. The Hall–Kier alpha value is -5.68. The van der Waals surface area contributed by atoms with Gasteiger partial charge in [0.2, 0.25) is 0 Å². The first-order chi connectivity index (χ1) is 30.4. The summed E-state index contributed by atoms with van der Waals surface area (Å²) in [6, 6.07) is 39.7. The first-order valence-electron chi connectivity index (χ1n) is 24.0. The van der Waals surface area contributed by atoms with Crippen LogP contribution in [0.4, 0.5) is 5.69 Å². The van der Waals surface area contributed by atoms with Crippen LogP contribution in [-0.2, 0) is 5.41 Å². The largest absolute Gasteiger partial charge is 0.323 e. The standard InChI is InChI=1S/C59H69N5/c1-34(2)40-28-41(57-61-51(55(37(7)8)38(9)10)33-62(57)56-45(35(3)4)17-15-18-46(56)36(5)6)30-44(29-40)63-52-24-20-39(11)27-49(52)47-23-22-43(32-54(47)63)64-53-25-21-42(59(12,13)14)31-50(53)48-19-16-26-60-58(48)64/h15-32,34-38,51,55H,33H2,1-14H3/t51-/m0/s1. The van der Waals surface area contributed by atoms with Gasteiger partial charge in [0.1, 0.15) is 11.5 Å². The Balaban J connectivity index is 1.31. The van der Waals surface area contributed by atoms with Gasteiger partial charge in [-0.15, -0.1) is 0 Å². The summed E-state index contributed by atoms with van der Waals surface area (Å²) in [4.78, 5) is 13.5. The highest BCUT2D eigenvalue weighted by atomic mass is 15.3. The molecule has 1 atom stereocenters. The lowest BCUT2D eigenvalue weighted by Gasteiger charge is -2.32. The molecule has 1 aliphatic rings. The average Bonchev–Trinajstić information content (AvgIpc) is 3.92. The van der Waals surface area contributed by atoms with Gasteiger partial charge in [0.25, 0.3) is 0 Å². The van der Waals surface area contributed by atoms with Gasteiger partial charge in [-0.1, -0.05) is 132 Å². The van der Waals surface area contributed by atoms with E-state index in [0.29, 0.717) is 35.5 Å². The number of pyridine rings is 1. The van der Waals surface area contributed by atoms with Gasteiger partial charge < -0.3 is 9.47 Å². The highest BCUT2D eigenvalue weighted by Crippen LogP contribution is 2.43. The van der Waals surface area contributed by atoms with Gasteiger partial charge in [-0.3, -0.25) is 9.56 Å². The zero-order valence-corrected chi connectivity index (χ0v) is 40.9. The third kappa shape index (κ3) is 7.43. The SMILES string of the molecule is Cc1ccc2c(c1)c1ccc(-n3c4ccc(C(C)(C)C)cc4c4cccnc43)cc1n2-c1cc(C2=N[C@H](C(C(C)C)C(C)C)CN2c2c(C(C)C)cccc2C(C)C)cc(C(C)C)c1. The van der Waals surface area contributed by atoms with Crippen molar-refractivity contribution in [3.8, 4) is 11.4 Å². The van der Waals surface area contributed by atoms with Crippen molar-refractivity contribution in [2.45, 2.75) is 126 Å². The molecule has 9 rings (SSSR count). The molecule has 0 unspecified atom stereocenters. The maximum atomic E-state index is 5.87. The normalized spacial score (nSPS) is 15.1. The highest BCUT2D eigenvalue weighted by molar-refractivity contribution is 6.14. The summed E-state index contributed by atoms with van der Waals surface area (Å²) < 4.78 is 4.88. The zero-order valence-electron chi connectivity index (χ0n) is 40.9. The first-order valence-corrected chi connectivity index (χ1v) is 24.0. The van der Waals surface area contributed by atoms with Crippen molar-refractivity contribution in [1.82, 2.24) is 14.1 Å². The summed E-state index contributed by atoms with van der Waals surface area (Å²) in [6.45, 7) is 33.5. The second-order valence-electron chi connectivity index (χ2n) is 21.5. The van der Waals surface area contributed by atoms with Crippen molar-refractivity contribution in [3.05, 3.63) is 143 Å². The van der Waals surface area contributed by atoms with Crippen LogP contribution >= 0.6 is 0 Å². The summed E-state index contributed by atoms with van der Waals surface area (Å²) in [5, 5.41) is 4.91. The third-order valence-corrected chi connectivity index (χ3v) is 14.2. The second-order valence-corrected chi connectivity index (χ2v) is 21.5. The lowest BCUT2D eigenvalue weighted by atomic mass is 9.80. The van der Waals surface area contributed by atoms with E-state index in [9.17, 15) is 0 Å². The fraction of sp³-hybridized carbons (Fsp3) is 0.390. The van der Waals surface area contributed by atoms with Gasteiger partial charge in [0, 0.05) is 56.9 Å². The predicted octanol–water partition coefficient (Wildman–Crippen LogP) is 15.8. The molecule has 0 spiro atoms. The topological polar surface area (TPSA) is 38.4 Å². The van der Waals surface area contributed by atoms with Crippen LogP contribution in [0.1, 0.15) is 141 Å². The number of benzene rings is 5. The molecule has 3 aromatic heterocycles. The van der Waals surface area contributed by atoms with Gasteiger partial charge in [-0.2, -0.15) is 0 Å². The van der Waals surface area contributed by atoms with Crippen LogP contribution < -0.4 is 4.90 Å². The first kappa shape index (κ1) is 43.6. The number of hydrogen-bond acceptors (Lipinski definition) is 3. The van der Waals surface area contributed by atoms with E-state index in [1.807, 2.05) is 6.20 Å². The molecule has 0 radical (unpaired) electrons. The van der Waals surface area contributed by atoms with Crippen LogP contribution in [0.15, 0.2) is 114 Å². The minimum Gasteiger partial charge on any atom is -0.323 e. The van der Waals surface area contributed by atoms with E-state index in [4.69, 9.17) is 9.98 Å². The molecule has 4 heterocycles. The number of amidine groups is 1. The van der Waals surface area contributed by atoms with Crippen molar-refractivity contribution < 1.29 is 0 Å². The molecule has 5 aromatic carbocycles. The van der Waals surface area contributed by atoms with Crippen LogP contribution in [0.3, 0.4) is 0 Å². The predicted molar refractivity (Wildman–Crippen MR) is 276 cm³/mol. The molecule has 8 aromatic rings. The fourth-order valence-electron chi connectivity index (χ4n) is 11.0. The minimum absolute atomic E-state index is 0.0350. The number of nitrogens with zero attached hydrogens (tertiary/aromatic N) is 5. The molecule has 0 saturated heterocycles. The molecule has 0 aliphatic carbocycles. The van der Waals surface area contributed by atoms with E-state index in [2.05, 4.69) is 214 Å². The molecular weight excluding hydrogens is 779 g/mol. The number of rotatable bonds is 10. The lowest BCUT2D eigenvalue weighted by Crippen LogP contribution is -2.36. The van der Waals surface area contributed by atoms with Crippen molar-refractivity contribution in [3.63, 3.8) is 0 Å². The molecule has 0 bridgehead atoms. The summed E-state index contributed by atoms with van der Waals surface area (Å²) >= 11 is 0. The Kier molecular flexibility index (Phi) is 11.2. The summed E-state index contributed by atoms with van der Waals surface area (Å²) in [5.41, 5.74) is 16.0. The van der Waals surface area contributed by atoms with Crippen LogP contribution in [0.5, 0.6) is 0 Å². The molecular formula is C59H69N5. The van der Waals surface area contributed by atoms with E-state index in [1.165, 1.54) is 77.2 Å². The van der Waals surface area contributed by atoms with Gasteiger partial charge in [-0.05, 0) is 137 Å². The lowest BCUT2D eigenvalue weighted by molar-refractivity contribution is 0.247. The van der Waals surface area contributed by atoms with Gasteiger partial charge >= 0.3 is 0 Å². The van der Waals surface area contributed by atoms with E-state index in [-0.39, 0.29) is 11.5 Å². The molecule has 5 heteroatoms. The summed E-state index contributed by atoms with van der Waals surface area (Å²) in [7, 11) is 0. The Morgan fingerprint density at radius 3 is 1.91 bits per heavy atom. The Labute approximate surface area is 382 Å². The number of anilines is 1. The van der Waals surface area contributed by atoms with Crippen molar-refractivity contribution >= 4 is 55.3 Å². The van der Waals surface area contributed by atoms with Crippen LogP contribution in [0.25, 0.3) is 55.1 Å². The van der Waals surface area contributed by atoms with Gasteiger partial charge in [-0.25, -0.2) is 4.98 Å². The molecule has 330 valence electrons. The smallest absolute Gasteiger partial charge is 0.145 e. The van der Waals surface area contributed by atoms with E-state index >= 15 is 0 Å².